The summed E-state index contributed by atoms with van der Waals surface area (Å²) in [5.74, 6) is 0.357. The van der Waals surface area contributed by atoms with Gasteiger partial charge in [0.1, 0.15) is 12.4 Å². The second-order valence-electron chi connectivity index (χ2n) is 3.02. The number of rotatable bonds is 6. The van der Waals surface area contributed by atoms with Crippen molar-refractivity contribution >= 4 is 13.4 Å². The Balaban J connectivity index is 2.34. The molecule has 0 radical (unpaired) electrons. The molecule has 0 aromatic carbocycles. The van der Waals surface area contributed by atoms with Crippen LogP contribution in [0.25, 0.3) is 0 Å². The normalized spacial score (nSPS) is 14.8. The van der Waals surface area contributed by atoms with Gasteiger partial charge in [0.25, 0.3) is 0 Å². The molecule has 1 atom stereocenters. The molecule has 0 N–H and O–H groups in total. The lowest BCUT2D eigenvalue weighted by molar-refractivity contribution is -0.120. The maximum Gasteiger partial charge on any atom is 0.327 e. The van der Waals surface area contributed by atoms with E-state index in [2.05, 4.69) is 4.52 Å². The van der Waals surface area contributed by atoms with Crippen molar-refractivity contribution < 1.29 is 22.8 Å². The first-order chi connectivity index (χ1) is 7.03. The Hall–Kier alpha value is -0.900. The Bertz CT molecular complexity index is 357. The Labute approximate surface area is 87.9 Å². The van der Waals surface area contributed by atoms with Crippen LogP contribution in [0.2, 0.25) is 0 Å². The minimum atomic E-state index is -3.07. The van der Waals surface area contributed by atoms with Gasteiger partial charge in [-0.05, 0) is 12.1 Å². The van der Waals surface area contributed by atoms with E-state index in [1.54, 1.807) is 12.1 Å². The van der Waals surface area contributed by atoms with Gasteiger partial charge in [0.05, 0.1) is 12.7 Å². The summed E-state index contributed by atoms with van der Waals surface area (Å²) in [6, 6.07) is 3.39. The molecule has 6 heteroatoms. The monoisotopic (exact) mass is 232 g/mol. The SMILES string of the molecule is COP(C)(=O)OCC(=O)Cc1ccco1. The molecule has 1 rings (SSSR count). The van der Waals surface area contributed by atoms with E-state index in [0.717, 1.165) is 0 Å². The fourth-order valence-electron chi connectivity index (χ4n) is 0.900. The molecule has 0 aliphatic heterocycles. The summed E-state index contributed by atoms with van der Waals surface area (Å²) in [7, 11) is -1.79. The number of Topliss-reactive ketones (excluding diaryl/α,β-unsaturated/α-hetero) is 1. The van der Waals surface area contributed by atoms with Crippen molar-refractivity contribution in [2.75, 3.05) is 20.4 Å². The summed E-state index contributed by atoms with van der Waals surface area (Å²) in [5.41, 5.74) is 0. The van der Waals surface area contributed by atoms with Crippen molar-refractivity contribution in [2.45, 2.75) is 6.42 Å². The van der Waals surface area contributed by atoms with E-state index in [9.17, 15) is 9.36 Å². The van der Waals surface area contributed by atoms with Crippen LogP contribution in [0.4, 0.5) is 0 Å². The van der Waals surface area contributed by atoms with Crippen LogP contribution in [0.3, 0.4) is 0 Å². The number of ketones is 1. The predicted molar refractivity (Wildman–Crippen MR) is 53.9 cm³/mol. The van der Waals surface area contributed by atoms with Gasteiger partial charge in [-0.3, -0.25) is 9.36 Å². The van der Waals surface area contributed by atoms with Gasteiger partial charge >= 0.3 is 7.60 Å². The van der Waals surface area contributed by atoms with Gasteiger partial charge in [0, 0.05) is 13.8 Å². The van der Waals surface area contributed by atoms with Crippen molar-refractivity contribution in [3.05, 3.63) is 24.2 Å². The highest BCUT2D eigenvalue weighted by molar-refractivity contribution is 7.52. The lowest BCUT2D eigenvalue weighted by atomic mass is 10.2. The summed E-state index contributed by atoms with van der Waals surface area (Å²) >= 11 is 0. The summed E-state index contributed by atoms with van der Waals surface area (Å²) in [5, 5.41) is 0. The van der Waals surface area contributed by atoms with Gasteiger partial charge in [0.15, 0.2) is 5.78 Å². The van der Waals surface area contributed by atoms with Crippen LogP contribution >= 0.6 is 7.60 Å². The Kier molecular flexibility index (Phi) is 4.27. The highest BCUT2D eigenvalue weighted by Gasteiger charge is 2.17. The predicted octanol–water partition coefficient (Wildman–Crippen LogP) is 1.88. The first kappa shape index (κ1) is 12.2. The average Bonchev–Trinajstić information content (AvgIpc) is 2.68. The third-order valence-corrected chi connectivity index (χ3v) is 3.00. The van der Waals surface area contributed by atoms with Crippen LogP contribution in [-0.2, 0) is 24.8 Å². The van der Waals surface area contributed by atoms with Gasteiger partial charge in [-0.1, -0.05) is 0 Å². The van der Waals surface area contributed by atoms with E-state index in [4.69, 9.17) is 8.94 Å². The zero-order valence-corrected chi connectivity index (χ0v) is 9.53. The minimum absolute atomic E-state index is 0.136. The summed E-state index contributed by atoms with van der Waals surface area (Å²) in [6.07, 6.45) is 1.63. The standard InChI is InChI=1S/C9H13O5P/c1-12-15(2,11)14-7-8(10)6-9-4-3-5-13-9/h3-5H,6-7H2,1-2H3. The van der Waals surface area contributed by atoms with Gasteiger partial charge < -0.3 is 13.5 Å². The number of carbonyl (C=O) groups is 1. The number of hydrogen-bond acceptors (Lipinski definition) is 5. The van der Waals surface area contributed by atoms with E-state index < -0.39 is 7.60 Å². The van der Waals surface area contributed by atoms with Crippen molar-refractivity contribution in [1.29, 1.82) is 0 Å². The first-order valence-corrected chi connectivity index (χ1v) is 6.34. The van der Waals surface area contributed by atoms with Crippen molar-refractivity contribution in [3.8, 4) is 0 Å². The molecule has 0 aliphatic carbocycles. The van der Waals surface area contributed by atoms with Crippen molar-refractivity contribution in [2.24, 2.45) is 0 Å². The van der Waals surface area contributed by atoms with Crippen LogP contribution < -0.4 is 0 Å². The Morgan fingerprint density at radius 1 is 1.60 bits per heavy atom. The largest absolute Gasteiger partial charge is 0.469 e. The second-order valence-corrected chi connectivity index (χ2v) is 5.19. The highest BCUT2D eigenvalue weighted by Crippen LogP contribution is 2.42. The number of furan rings is 1. The molecule has 0 aliphatic rings. The fraction of sp³-hybridized carbons (Fsp3) is 0.444. The molecular formula is C9H13O5P. The molecule has 15 heavy (non-hydrogen) atoms. The highest BCUT2D eigenvalue weighted by atomic mass is 31.2. The summed E-state index contributed by atoms with van der Waals surface area (Å²) in [4.78, 5) is 11.3. The maximum atomic E-state index is 11.3. The Morgan fingerprint density at radius 3 is 2.87 bits per heavy atom. The third-order valence-electron chi connectivity index (χ3n) is 1.74. The third kappa shape index (κ3) is 4.42. The molecule has 84 valence electrons. The lowest BCUT2D eigenvalue weighted by Gasteiger charge is -2.09. The van der Waals surface area contributed by atoms with Gasteiger partial charge in [0.2, 0.25) is 0 Å². The molecular weight excluding hydrogens is 219 g/mol. The molecule has 1 aromatic heterocycles. The second kappa shape index (κ2) is 5.26. The smallest absolute Gasteiger partial charge is 0.327 e. The number of carbonyl (C=O) groups excluding carboxylic acids is 1. The topological polar surface area (TPSA) is 65.7 Å². The van der Waals surface area contributed by atoms with Gasteiger partial charge in [-0.2, -0.15) is 0 Å². The molecule has 0 bridgehead atoms. The molecule has 1 heterocycles. The maximum absolute atomic E-state index is 11.3. The van der Waals surface area contributed by atoms with E-state index in [1.807, 2.05) is 0 Å². The Morgan fingerprint density at radius 2 is 2.33 bits per heavy atom. The molecule has 0 amide bonds. The minimum Gasteiger partial charge on any atom is -0.469 e. The lowest BCUT2D eigenvalue weighted by Crippen LogP contribution is -2.10. The zero-order valence-electron chi connectivity index (χ0n) is 8.63. The summed E-state index contributed by atoms with van der Waals surface area (Å²) in [6.45, 7) is 1.08. The molecule has 0 saturated carbocycles. The molecule has 0 fully saturated rings. The molecule has 1 unspecified atom stereocenters. The van der Waals surface area contributed by atoms with Gasteiger partial charge in [-0.15, -0.1) is 0 Å². The fourth-order valence-corrected chi connectivity index (χ4v) is 1.38. The van der Waals surface area contributed by atoms with Gasteiger partial charge in [-0.25, -0.2) is 0 Å². The van der Waals surface area contributed by atoms with Crippen LogP contribution in [0.5, 0.6) is 0 Å². The molecule has 5 nitrogen and oxygen atoms in total. The van der Waals surface area contributed by atoms with Crippen molar-refractivity contribution in [3.63, 3.8) is 0 Å². The van der Waals surface area contributed by atoms with Crippen LogP contribution in [-0.4, -0.2) is 26.2 Å². The first-order valence-electron chi connectivity index (χ1n) is 4.35. The quantitative estimate of drug-likeness (QED) is 0.700. The van der Waals surface area contributed by atoms with Crippen LogP contribution in [0.15, 0.2) is 22.8 Å². The van der Waals surface area contributed by atoms with E-state index >= 15 is 0 Å². The van der Waals surface area contributed by atoms with E-state index in [0.29, 0.717) is 5.76 Å². The number of hydrogen-bond donors (Lipinski definition) is 0. The van der Waals surface area contributed by atoms with E-state index in [1.165, 1.54) is 20.0 Å². The molecule has 1 aromatic rings. The van der Waals surface area contributed by atoms with Crippen LogP contribution in [0.1, 0.15) is 5.76 Å². The average molecular weight is 232 g/mol. The molecule has 0 saturated heterocycles. The molecule has 0 spiro atoms. The zero-order chi connectivity index (χ0) is 11.3. The van der Waals surface area contributed by atoms with E-state index in [-0.39, 0.29) is 18.8 Å². The van der Waals surface area contributed by atoms with Crippen LogP contribution in [0, 0.1) is 0 Å². The van der Waals surface area contributed by atoms with Crippen molar-refractivity contribution in [1.82, 2.24) is 0 Å². The summed E-state index contributed by atoms with van der Waals surface area (Å²) < 4.78 is 25.7.